The molecule has 0 amide bonds. The van der Waals surface area contributed by atoms with Crippen molar-refractivity contribution in [2.75, 3.05) is 18.5 Å². The molecular weight excluding hydrogens is 248 g/mol. The van der Waals surface area contributed by atoms with Gasteiger partial charge in [0.05, 0.1) is 6.20 Å². The van der Waals surface area contributed by atoms with E-state index in [-0.39, 0.29) is 0 Å². The minimum atomic E-state index is 0.875. The molecule has 0 saturated carbocycles. The summed E-state index contributed by atoms with van der Waals surface area (Å²) in [6, 6.07) is 6.66. The van der Waals surface area contributed by atoms with Crippen LogP contribution in [-0.2, 0) is 20.1 Å². The number of hydrogen-bond acceptors (Lipinski definition) is 3. The summed E-state index contributed by atoms with van der Waals surface area (Å²) in [5, 5.41) is 7.58. The van der Waals surface area contributed by atoms with Gasteiger partial charge in [-0.2, -0.15) is 5.10 Å². The molecule has 0 unspecified atom stereocenters. The topological polar surface area (TPSA) is 33.1 Å². The lowest BCUT2D eigenvalue weighted by Gasteiger charge is -2.20. The number of rotatable bonds is 6. The third-order valence-electron chi connectivity index (χ3n) is 3.51. The molecule has 4 heteroatoms. The first kappa shape index (κ1) is 14.6. The average molecular weight is 272 g/mol. The summed E-state index contributed by atoms with van der Waals surface area (Å²) < 4.78 is 1.84. The highest BCUT2D eigenvalue weighted by Crippen LogP contribution is 2.19. The van der Waals surface area contributed by atoms with E-state index >= 15 is 0 Å². The summed E-state index contributed by atoms with van der Waals surface area (Å²) in [5.41, 5.74) is 5.17. The van der Waals surface area contributed by atoms with E-state index in [1.165, 1.54) is 22.4 Å². The van der Waals surface area contributed by atoms with Gasteiger partial charge in [0.2, 0.25) is 0 Å². The van der Waals surface area contributed by atoms with Crippen LogP contribution in [0.2, 0.25) is 0 Å². The van der Waals surface area contributed by atoms with Gasteiger partial charge in [-0.1, -0.05) is 13.0 Å². The minimum Gasteiger partial charge on any atom is -0.370 e. The molecule has 0 saturated heterocycles. The number of anilines is 1. The molecule has 0 atom stereocenters. The van der Waals surface area contributed by atoms with E-state index < -0.39 is 0 Å². The van der Waals surface area contributed by atoms with Crippen molar-refractivity contribution in [2.45, 2.75) is 26.9 Å². The highest BCUT2D eigenvalue weighted by atomic mass is 15.2. The molecule has 4 nitrogen and oxygen atoms in total. The second-order valence-electron chi connectivity index (χ2n) is 5.27. The quantitative estimate of drug-likeness (QED) is 0.877. The zero-order chi connectivity index (χ0) is 14.5. The van der Waals surface area contributed by atoms with Crippen molar-refractivity contribution in [3.05, 3.63) is 47.3 Å². The molecule has 0 radical (unpaired) electrons. The van der Waals surface area contributed by atoms with Crippen LogP contribution in [0.1, 0.15) is 23.6 Å². The van der Waals surface area contributed by atoms with Crippen molar-refractivity contribution < 1.29 is 0 Å². The first-order valence-corrected chi connectivity index (χ1v) is 7.09. The van der Waals surface area contributed by atoms with E-state index in [2.05, 4.69) is 60.6 Å². The van der Waals surface area contributed by atoms with E-state index in [4.69, 9.17) is 0 Å². The molecule has 0 aliphatic heterocycles. The fourth-order valence-electron chi connectivity index (χ4n) is 2.29. The van der Waals surface area contributed by atoms with Gasteiger partial charge in [-0.15, -0.1) is 0 Å². The minimum absolute atomic E-state index is 0.875. The lowest BCUT2D eigenvalue weighted by molar-refractivity contribution is 0.723. The standard InChI is InChI=1S/C16H24N4/c1-5-17-10-15-6-7-16(8-13(15)2)19(3)11-14-9-18-20(4)12-14/h6-9,12,17H,5,10-11H2,1-4H3. The van der Waals surface area contributed by atoms with Crippen molar-refractivity contribution in [3.63, 3.8) is 0 Å². The van der Waals surface area contributed by atoms with Gasteiger partial charge in [0.15, 0.2) is 0 Å². The molecule has 2 aromatic rings. The van der Waals surface area contributed by atoms with Crippen LogP contribution < -0.4 is 10.2 Å². The highest BCUT2D eigenvalue weighted by Gasteiger charge is 2.06. The predicted molar refractivity (Wildman–Crippen MR) is 83.9 cm³/mol. The Balaban J connectivity index is 2.06. The summed E-state index contributed by atoms with van der Waals surface area (Å²) in [6.45, 7) is 7.12. The molecule has 0 spiro atoms. The lowest BCUT2D eigenvalue weighted by atomic mass is 10.1. The summed E-state index contributed by atoms with van der Waals surface area (Å²) in [4.78, 5) is 2.25. The first-order chi connectivity index (χ1) is 9.60. The van der Waals surface area contributed by atoms with Crippen LogP contribution in [0, 0.1) is 6.92 Å². The van der Waals surface area contributed by atoms with E-state index in [1.807, 2.05) is 17.9 Å². The summed E-state index contributed by atoms with van der Waals surface area (Å²) in [7, 11) is 4.06. The molecule has 1 aromatic carbocycles. The molecule has 0 aliphatic rings. The average Bonchev–Trinajstić information content (AvgIpc) is 2.82. The Bertz CT molecular complexity index is 559. The molecule has 2 rings (SSSR count). The van der Waals surface area contributed by atoms with Crippen LogP contribution in [0.15, 0.2) is 30.6 Å². The largest absolute Gasteiger partial charge is 0.370 e. The normalized spacial score (nSPS) is 10.8. The summed E-state index contributed by atoms with van der Waals surface area (Å²) >= 11 is 0. The Hall–Kier alpha value is -1.81. The zero-order valence-electron chi connectivity index (χ0n) is 12.8. The molecule has 1 heterocycles. The van der Waals surface area contributed by atoms with Gasteiger partial charge in [0.25, 0.3) is 0 Å². The second kappa shape index (κ2) is 6.57. The number of benzene rings is 1. The molecule has 0 bridgehead atoms. The van der Waals surface area contributed by atoms with E-state index in [1.54, 1.807) is 0 Å². The summed E-state index contributed by atoms with van der Waals surface area (Å²) in [5.74, 6) is 0. The molecule has 108 valence electrons. The second-order valence-corrected chi connectivity index (χ2v) is 5.27. The number of hydrogen-bond donors (Lipinski definition) is 1. The van der Waals surface area contributed by atoms with Crippen molar-refractivity contribution in [2.24, 2.45) is 7.05 Å². The van der Waals surface area contributed by atoms with Gasteiger partial charge in [0.1, 0.15) is 0 Å². The van der Waals surface area contributed by atoms with E-state index in [0.29, 0.717) is 0 Å². The van der Waals surface area contributed by atoms with Crippen molar-refractivity contribution in [1.29, 1.82) is 0 Å². The maximum Gasteiger partial charge on any atom is 0.0539 e. The SMILES string of the molecule is CCNCc1ccc(N(C)Cc2cnn(C)c2)cc1C. The van der Waals surface area contributed by atoms with Gasteiger partial charge in [-0.3, -0.25) is 4.68 Å². The van der Waals surface area contributed by atoms with Gasteiger partial charge in [-0.05, 0) is 36.7 Å². The summed E-state index contributed by atoms with van der Waals surface area (Å²) in [6.07, 6.45) is 3.98. The molecular formula is C16H24N4. The van der Waals surface area contributed by atoms with Crippen molar-refractivity contribution >= 4 is 5.69 Å². The van der Waals surface area contributed by atoms with Crippen LogP contribution in [-0.4, -0.2) is 23.4 Å². The zero-order valence-corrected chi connectivity index (χ0v) is 12.8. The molecule has 0 fully saturated rings. The van der Waals surface area contributed by atoms with Crippen LogP contribution in [0.3, 0.4) is 0 Å². The fourth-order valence-corrected chi connectivity index (χ4v) is 2.29. The van der Waals surface area contributed by atoms with Crippen LogP contribution >= 0.6 is 0 Å². The monoisotopic (exact) mass is 272 g/mol. The third-order valence-corrected chi connectivity index (χ3v) is 3.51. The Morgan fingerprint density at radius 1 is 1.35 bits per heavy atom. The van der Waals surface area contributed by atoms with Crippen molar-refractivity contribution in [1.82, 2.24) is 15.1 Å². The Morgan fingerprint density at radius 2 is 2.15 bits per heavy atom. The first-order valence-electron chi connectivity index (χ1n) is 7.09. The van der Waals surface area contributed by atoms with E-state index in [9.17, 15) is 0 Å². The van der Waals surface area contributed by atoms with Crippen LogP contribution in [0.4, 0.5) is 5.69 Å². The number of nitrogens with zero attached hydrogens (tertiary/aromatic N) is 3. The van der Waals surface area contributed by atoms with Crippen LogP contribution in [0.25, 0.3) is 0 Å². The van der Waals surface area contributed by atoms with Gasteiger partial charge in [0, 0.05) is 44.6 Å². The Kier molecular flexibility index (Phi) is 4.79. The lowest BCUT2D eigenvalue weighted by Crippen LogP contribution is -2.17. The Labute approximate surface area is 121 Å². The van der Waals surface area contributed by atoms with Gasteiger partial charge in [-0.25, -0.2) is 0 Å². The fraction of sp³-hybridized carbons (Fsp3) is 0.438. The molecule has 1 aromatic heterocycles. The highest BCUT2D eigenvalue weighted by molar-refractivity contribution is 5.50. The van der Waals surface area contributed by atoms with Gasteiger partial charge >= 0.3 is 0 Å². The van der Waals surface area contributed by atoms with Crippen molar-refractivity contribution in [3.8, 4) is 0 Å². The number of nitrogens with one attached hydrogen (secondary N) is 1. The predicted octanol–water partition coefficient (Wildman–Crippen LogP) is 2.47. The third kappa shape index (κ3) is 3.61. The maximum absolute atomic E-state index is 4.21. The maximum atomic E-state index is 4.21. The Morgan fingerprint density at radius 3 is 2.75 bits per heavy atom. The molecule has 0 aliphatic carbocycles. The van der Waals surface area contributed by atoms with E-state index in [0.717, 1.165) is 19.6 Å². The number of aryl methyl sites for hydroxylation is 2. The molecule has 20 heavy (non-hydrogen) atoms. The smallest absolute Gasteiger partial charge is 0.0539 e. The molecule has 1 N–H and O–H groups in total. The van der Waals surface area contributed by atoms with Gasteiger partial charge < -0.3 is 10.2 Å². The number of aromatic nitrogens is 2. The van der Waals surface area contributed by atoms with Crippen LogP contribution in [0.5, 0.6) is 0 Å².